The number of hydrogen-bond acceptors (Lipinski definition) is 5. The van der Waals surface area contributed by atoms with E-state index >= 15 is 0 Å². The molecule has 0 unspecified atom stereocenters. The standard InChI is InChI=1S/C14H12N4O2S/c15-10-5-12(18-11-4-2-1-3-9(10)11)13(19)16-6-8-7-21-14(20)17-8/h1-5,7H,6H2,(H2,15,18)(H,16,19)(H,17,20). The molecule has 0 atom stereocenters. The van der Waals surface area contributed by atoms with Gasteiger partial charge in [-0.05, 0) is 12.1 Å². The van der Waals surface area contributed by atoms with E-state index in [1.54, 1.807) is 17.5 Å². The largest absolute Gasteiger partial charge is 0.398 e. The van der Waals surface area contributed by atoms with Gasteiger partial charge >= 0.3 is 4.87 Å². The molecule has 3 rings (SSSR count). The van der Waals surface area contributed by atoms with Gasteiger partial charge in [-0.1, -0.05) is 29.5 Å². The molecule has 21 heavy (non-hydrogen) atoms. The zero-order valence-electron chi connectivity index (χ0n) is 10.9. The number of carbonyl (C=O) groups is 1. The Morgan fingerprint density at radius 1 is 1.38 bits per heavy atom. The summed E-state index contributed by atoms with van der Waals surface area (Å²) in [7, 11) is 0. The highest BCUT2D eigenvalue weighted by Crippen LogP contribution is 2.19. The number of fused-ring (bicyclic) bond motifs is 1. The Kier molecular flexibility index (Phi) is 3.41. The second-order valence-electron chi connectivity index (χ2n) is 4.47. The maximum atomic E-state index is 12.1. The van der Waals surface area contributed by atoms with E-state index in [-0.39, 0.29) is 23.0 Å². The number of nitrogen functional groups attached to an aromatic ring is 1. The van der Waals surface area contributed by atoms with E-state index in [0.29, 0.717) is 16.9 Å². The highest BCUT2D eigenvalue weighted by Gasteiger charge is 2.10. The van der Waals surface area contributed by atoms with Crippen LogP contribution in [0.1, 0.15) is 16.2 Å². The number of amides is 1. The van der Waals surface area contributed by atoms with Crippen molar-refractivity contribution in [2.75, 3.05) is 5.73 Å². The predicted molar refractivity (Wildman–Crippen MR) is 82.3 cm³/mol. The van der Waals surface area contributed by atoms with Crippen molar-refractivity contribution in [3.63, 3.8) is 0 Å². The van der Waals surface area contributed by atoms with Crippen molar-refractivity contribution in [2.24, 2.45) is 0 Å². The lowest BCUT2D eigenvalue weighted by Crippen LogP contribution is -2.24. The SMILES string of the molecule is Nc1cc(C(=O)NCc2csc(=O)[nH]2)nc2ccccc12. The molecule has 2 heterocycles. The van der Waals surface area contributed by atoms with Crippen LogP contribution in [0.25, 0.3) is 10.9 Å². The fourth-order valence-corrected chi connectivity index (χ4v) is 2.57. The summed E-state index contributed by atoms with van der Waals surface area (Å²) in [5.74, 6) is -0.334. The number of anilines is 1. The van der Waals surface area contributed by atoms with Crippen LogP contribution in [0.4, 0.5) is 5.69 Å². The smallest absolute Gasteiger partial charge is 0.304 e. The molecule has 1 aromatic carbocycles. The van der Waals surface area contributed by atoms with Crippen LogP contribution in [0.5, 0.6) is 0 Å². The van der Waals surface area contributed by atoms with Gasteiger partial charge in [0.05, 0.1) is 12.1 Å². The first kappa shape index (κ1) is 13.3. The van der Waals surface area contributed by atoms with Crippen LogP contribution >= 0.6 is 11.3 Å². The fraction of sp³-hybridized carbons (Fsp3) is 0.0714. The molecule has 0 saturated carbocycles. The van der Waals surface area contributed by atoms with Gasteiger partial charge in [0.15, 0.2) is 0 Å². The number of aromatic amines is 1. The summed E-state index contributed by atoms with van der Waals surface area (Å²) in [6, 6.07) is 8.92. The number of para-hydroxylation sites is 1. The molecule has 6 nitrogen and oxygen atoms in total. The van der Waals surface area contributed by atoms with Crippen LogP contribution in [0, 0.1) is 0 Å². The summed E-state index contributed by atoms with van der Waals surface area (Å²) in [5.41, 5.74) is 8.03. The molecule has 3 aromatic rings. The Balaban J connectivity index is 1.82. The summed E-state index contributed by atoms with van der Waals surface area (Å²) in [6.07, 6.45) is 0. The van der Waals surface area contributed by atoms with Crippen LogP contribution in [-0.4, -0.2) is 15.9 Å². The van der Waals surface area contributed by atoms with Gasteiger partial charge in [-0.2, -0.15) is 0 Å². The van der Waals surface area contributed by atoms with Crippen LogP contribution in [0.2, 0.25) is 0 Å². The Labute approximate surface area is 123 Å². The van der Waals surface area contributed by atoms with Crippen LogP contribution in [-0.2, 0) is 6.54 Å². The predicted octanol–water partition coefficient (Wildman–Crippen LogP) is 1.50. The minimum atomic E-state index is -0.334. The monoisotopic (exact) mass is 300 g/mol. The number of nitrogens with two attached hydrogens (primary N) is 1. The van der Waals surface area contributed by atoms with Crippen molar-refractivity contribution < 1.29 is 4.79 Å². The van der Waals surface area contributed by atoms with E-state index in [9.17, 15) is 9.59 Å². The quantitative estimate of drug-likeness (QED) is 0.682. The molecule has 106 valence electrons. The van der Waals surface area contributed by atoms with Gasteiger partial charge in [-0.25, -0.2) is 4.98 Å². The third-order valence-corrected chi connectivity index (χ3v) is 3.71. The fourth-order valence-electron chi connectivity index (χ4n) is 1.99. The molecule has 2 aromatic heterocycles. The lowest BCUT2D eigenvalue weighted by molar-refractivity contribution is 0.0946. The average molecular weight is 300 g/mol. The van der Waals surface area contributed by atoms with Gasteiger partial charge in [-0.3, -0.25) is 9.59 Å². The minimum Gasteiger partial charge on any atom is -0.398 e. The molecular weight excluding hydrogens is 288 g/mol. The maximum Gasteiger partial charge on any atom is 0.304 e. The molecule has 4 N–H and O–H groups in total. The van der Waals surface area contributed by atoms with E-state index in [1.807, 2.05) is 18.2 Å². The summed E-state index contributed by atoms with van der Waals surface area (Å²) >= 11 is 1.06. The molecule has 0 bridgehead atoms. The first-order chi connectivity index (χ1) is 10.1. The molecule has 0 radical (unpaired) electrons. The Morgan fingerprint density at radius 2 is 2.19 bits per heavy atom. The number of hydrogen-bond donors (Lipinski definition) is 3. The van der Waals surface area contributed by atoms with Crippen molar-refractivity contribution in [3.05, 3.63) is 56.8 Å². The number of nitrogens with one attached hydrogen (secondary N) is 2. The van der Waals surface area contributed by atoms with E-state index in [1.165, 1.54) is 0 Å². The van der Waals surface area contributed by atoms with Crippen molar-refractivity contribution in [1.29, 1.82) is 0 Å². The highest BCUT2D eigenvalue weighted by atomic mass is 32.1. The molecule has 7 heteroatoms. The number of carbonyl (C=O) groups excluding carboxylic acids is 1. The van der Waals surface area contributed by atoms with Crippen molar-refractivity contribution in [3.8, 4) is 0 Å². The summed E-state index contributed by atoms with van der Waals surface area (Å²) in [6.45, 7) is 0.242. The van der Waals surface area contributed by atoms with Gasteiger partial charge < -0.3 is 16.0 Å². The van der Waals surface area contributed by atoms with Crippen LogP contribution in [0.15, 0.2) is 40.5 Å². The summed E-state index contributed by atoms with van der Waals surface area (Å²) in [4.78, 5) is 29.9. The molecule has 0 spiro atoms. The summed E-state index contributed by atoms with van der Waals surface area (Å²) in [5, 5.41) is 5.19. The second-order valence-corrected chi connectivity index (χ2v) is 5.31. The van der Waals surface area contributed by atoms with Crippen molar-refractivity contribution in [2.45, 2.75) is 6.54 Å². The van der Waals surface area contributed by atoms with E-state index < -0.39 is 0 Å². The van der Waals surface area contributed by atoms with Gasteiger partial charge in [-0.15, -0.1) is 0 Å². The molecule has 0 saturated heterocycles. The minimum absolute atomic E-state index is 0.146. The van der Waals surface area contributed by atoms with E-state index in [4.69, 9.17) is 5.73 Å². The third kappa shape index (κ3) is 2.77. The molecule has 0 aliphatic rings. The zero-order chi connectivity index (χ0) is 14.8. The second kappa shape index (κ2) is 5.37. The van der Waals surface area contributed by atoms with Gasteiger partial charge in [0.2, 0.25) is 0 Å². The highest BCUT2D eigenvalue weighted by molar-refractivity contribution is 7.07. The number of pyridine rings is 1. The Bertz CT molecular complexity index is 869. The Morgan fingerprint density at radius 3 is 2.95 bits per heavy atom. The van der Waals surface area contributed by atoms with Crippen molar-refractivity contribution in [1.82, 2.24) is 15.3 Å². The van der Waals surface area contributed by atoms with Gasteiger partial charge in [0, 0.05) is 22.1 Å². The van der Waals surface area contributed by atoms with Crippen LogP contribution < -0.4 is 15.9 Å². The van der Waals surface area contributed by atoms with E-state index in [0.717, 1.165) is 16.7 Å². The number of H-pyrrole nitrogens is 1. The zero-order valence-corrected chi connectivity index (χ0v) is 11.7. The first-order valence-electron chi connectivity index (χ1n) is 6.23. The lowest BCUT2D eigenvalue weighted by atomic mass is 10.1. The van der Waals surface area contributed by atoms with Gasteiger partial charge in [0.25, 0.3) is 5.91 Å². The summed E-state index contributed by atoms with van der Waals surface area (Å²) < 4.78 is 0. The number of nitrogens with zero attached hydrogens (tertiary/aromatic N) is 1. The third-order valence-electron chi connectivity index (χ3n) is 2.99. The topological polar surface area (TPSA) is 101 Å². The first-order valence-corrected chi connectivity index (χ1v) is 7.11. The van der Waals surface area contributed by atoms with Gasteiger partial charge in [0.1, 0.15) is 5.69 Å². The molecular formula is C14H12N4O2S. The Hall–Kier alpha value is -2.67. The molecule has 0 aliphatic heterocycles. The number of aromatic nitrogens is 2. The molecule has 0 aliphatic carbocycles. The maximum absolute atomic E-state index is 12.1. The van der Waals surface area contributed by atoms with E-state index in [2.05, 4.69) is 15.3 Å². The lowest BCUT2D eigenvalue weighted by Gasteiger charge is -2.06. The van der Waals surface area contributed by atoms with Crippen molar-refractivity contribution >= 4 is 33.8 Å². The average Bonchev–Trinajstić information content (AvgIpc) is 2.90. The van der Waals surface area contributed by atoms with Crippen LogP contribution in [0.3, 0.4) is 0 Å². The molecule has 0 fully saturated rings. The number of rotatable bonds is 3. The molecule has 1 amide bonds. The number of thiazole rings is 1. The normalized spacial score (nSPS) is 10.7. The number of benzene rings is 1.